The van der Waals surface area contributed by atoms with Crippen LogP contribution in [0.5, 0.6) is 0 Å². The van der Waals surface area contributed by atoms with Gasteiger partial charge in [-0.25, -0.2) is 0 Å². The largest absolute Gasteiger partial charge is 0.451 e. The van der Waals surface area contributed by atoms with Crippen LogP contribution in [-0.4, -0.2) is 37.5 Å². The molecule has 22 heavy (non-hydrogen) atoms. The molecule has 0 spiro atoms. The third-order valence-corrected chi connectivity index (χ3v) is 3.52. The number of furan rings is 1. The van der Waals surface area contributed by atoms with Crippen LogP contribution >= 0.6 is 0 Å². The molecule has 1 aromatic carbocycles. The zero-order chi connectivity index (χ0) is 15.2. The Morgan fingerprint density at radius 1 is 1.05 bits per heavy atom. The number of carbonyl (C=O) groups is 1. The van der Waals surface area contributed by atoms with Crippen LogP contribution in [0, 0.1) is 11.8 Å². The molecule has 1 fully saturated rings. The van der Waals surface area contributed by atoms with Gasteiger partial charge in [0.25, 0.3) is 0 Å². The predicted molar refractivity (Wildman–Crippen MR) is 82.6 cm³/mol. The molecule has 0 atom stereocenters. The maximum Gasteiger partial charge on any atom is 0.177 e. The normalized spacial score (nSPS) is 15.1. The first-order valence-corrected chi connectivity index (χ1v) is 7.29. The van der Waals surface area contributed by atoms with Crippen molar-refractivity contribution in [1.82, 2.24) is 4.90 Å². The second kappa shape index (κ2) is 7.08. The summed E-state index contributed by atoms with van der Waals surface area (Å²) >= 11 is 0. The zero-order valence-corrected chi connectivity index (χ0v) is 12.2. The van der Waals surface area contributed by atoms with E-state index in [0.29, 0.717) is 11.3 Å². The van der Waals surface area contributed by atoms with Crippen LogP contribution < -0.4 is 0 Å². The van der Waals surface area contributed by atoms with Crippen LogP contribution in [-0.2, 0) is 11.3 Å². The van der Waals surface area contributed by atoms with E-state index in [2.05, 4.69) is 16.7 Å². The van der Waals surface area contributed by atoms with Crippen molar-refractivity contribution >= 4 is 6.29 Å². The molecule has 0 saturated carbocycles. The predicted octanol–water partition coefficient (Wildman–Crippen LogP) is 2.32. The molecule has 0 amide bonds. The first-order chi connectivity index (χ1) is 10.8. The van der Waals surface area contributed by atoms with Crippen molar-refractivity contribution in [3.63, 3.8) is 0 Å². The number of ether oxygens (including phenoxy) is 1. The standard InChI is InChI=1S/C18H17NO3/c20-14-16-3-1-15(2-4-16)5-6-17-7-8-18(22-17)13-19-9-11-21-12-10-19/h1-4,7-8,14H,9-13H2. The van der Waals surface area contributed by atoms with Gasteiger partial charge in [-0.15, -0.1) is 0 Å². The third kappa shape index (κ3) is 3.85. The van der Waals surface area contributed by atoms with E-state index in [0.717, 1.165) is 50.5 Å². The van der Waals surface area contributed by atoms with E-state index >= 15 is 0 Å². The molecule has 1 saturated heterocycles. The molecule has 2 heterocycles. The van der Waals surface area contributed by atoms with Gasteiger partial charge in [-0.05, 0) is 30.2 Å². The lowest BCUT2D eigenvalue weighted by Gasteiger charge is -2.25. The minimum Gasteiger partial charge on any atom is -0.451 e. The summed E-state index contributed by atoms with van der Waals surface area (Å²) in [5, 5.41) is 0. The number of hydrogen-bond donors (Lipinski definition) is 0. The molecule has 0 bridgehead atoms. The van der Waals surface area contributed by atoms with Gasteiger partial charge >= 0.3 is 0 Å². The minimum absolute atomic E-state index is 0.649. The maximum absolute atomic E-state index is 10.6. The summed E-state index contributed by atoms with van der Waals surface area (Å²) in [6, 6.07) is 11.0. The third-order valence-electron chi connectivity index (χ3n) is 3.52. The van der Waals surface area contributed by atoms with E-state index in [1.807, 2.05) is 24.3 Å². The first kappa shape index (κ1) is 14.6. The molecule has 0 unspecified atom stereocenters. The summed E-state index contributed by atoms with van der Waals surface area (Å²) in [4.78, 5) is 12.9. The molecule has 2 aromatic rings. The quantitative estimate of drug-likeness (QED) is 0.644. The number of nitrogens with zero attached hydrogens (tertiary/aromatic N) is 1. The summed E-state index contributed by atoms with van der Waals surface area (Å²) in [6.45, 7) is 4.23. The van der Waals surface area contributed by atoms with Gasteiger partial charge in [0.15, 0.2) is 5.76 Å². The molecule has 0 aliphatic carbocycles. The van der Waals surface area contributed by atoms with E-state index in [9.17, 15) is 4.79 Å². The molecule has 0 radical (unpaired) electrons. The fourth-order valence-electron chi connectivity index (χ4n) is 2.29. The van der Waals surface area contributed by atoms with Gasteiger partial charge in [0, 0.05) is 24.2 Å². The van der Waals surface area contributed by atoms with E-state index < -0.39 is 0 Å². The highest BCUT2D eigenvalue weighted by atomic mass is 16.5. The van der Waals surface area contributed by atoms with E-state index in [4.69, 9.17) is 9.15 Å². The lowest BCUT2D eigenvalue weighted by Crippen LogP contribution is -2.35. The van der Waals surface area contributed by atoms with Crippen LogP contribution in [0.15, 0.2) is 40.8 Å². The topological polar surface area (TPSA) is 42.7 Å². The smallest absolute Gasteiger partial charge is 0.177 e. The van der Waals surface area contributed by atoms with E-state index in [1.165, 1.54) is 0 Å². The van der Waals surface area contributed by atoms with Gasteiger partial charge in [-0.3, -0.25) is 9.69 Å². The molecule has 0 N–H and O–H groups in total. The molecule has 112 valence electrons. The van der Waals surface area contributed by atoms with Gasteiger partial charge in [-0.1, -0.05) is 18.1 Å². The summed E-state index contributed by atoms with van der Waals surface area (Å²) < 4.78 is 11.1. The highest BCUT2D eigenvalue weighted by molar-refractivity contribution is 5.74. The average Bonchev–Trinajstić information content (AvgIpc) is 3.02. The Balaban J connectivity index is 1.63. The Bertz CT molecular complexity index is 685. The Kier molecular flexibility index (Phi) is 4.69. The van der Waals surface area contributed by atoms with Crippen molar-refractivity contribution in [3.8, 4) is 11.8 Å². The molecule has 4 nitrogen and oxygen atoms in total. The maximum atomic E-state index is 10.6. The number of hydrogen-bond acceptors (Lipinski definition) is 4. The van der Waals surface area contributed by atoms with Crippen LogP contribution in [0.25, 0.3) is 0 Å². The summed E-state index contributed by atoms with van der Waals surface area (Å²) in [6.07, 6.45) is 0.821. The first-order valence-electron chi connectivity index (χ1n) is 7.29. The monoisotopic (exact) mass is 295 g/mol. The Labute approximate surface area is 129 Å². The molecule has 4 heteroatoms. The number of aldehydes is 1. The number of carbonyl (C=O) groups excluding carboxylic acids is 1. The van der Waals surface area contributed by atoms with Gasteiger partial charge in [-0.2, -0.15) is 0 Å². The van der Waals surface area contributed by atoms with Gasteiger partial charge in [0.05, 0.1) is 19.8 Å². The minimum atomic E-state index is 0.649. The van der Waals surface area contributed by atoms with Gasteiger partial charge in [0.2, 0.25) is 0 Å². The van der Waals surface area contributed by atoms with Crippen LogP contribution in [0.1, 0.15) is 27.4 Å². The second-order valence-corrected chi connectivity index (χ2v) is 5.14. The highest BCUT2D eigenvalue weighted by Crippen LogP contribution is 2.11. The van der Waals surface area contributed by atoms with Gasteiger partial charge in [0.1, 0.15) is 12.0 Å². The average molecular weight is 295 g/mol. The highest BCUT2D eigenvalue weighted by Gasteiger charge is 2.12. The van der Waals surface area contributed by atoms with E-state index in [-0.39, 0.29) is 0 Å². The van der Waals surface area contributed by atoms with Crippen LogP contribution in [0.2, 0.25) is 0 Å². The molecular formula is C18H17NO3. The van der Waals surface area contributed by atoms with Crippen LogP contribution in [0.4, 0.5) is 0 Å². The molecule has 1 aliphatic heterocycles. The molecule has 3 rings (SSSR count). The zero-order valence-electron chi connectivity index (χ0n) is 12.2. The Morgan fingerprint density at radius 3 is 2.55 bits per heavy atom. The van der Waals surface area contributed by atoms with Crippen molar-refractivity contribution in [3.05, 3.63) is 59.0 Å². The number of morpholine rings is 1. The van der Waals surface area contributed by atoms with Crippen molar-refractivity contribution in [2.75, 3.05) is 26.3 Å². The fraction of sp³-hybridized carbons (Fsp3) is 0.278. The molecule has 1 aliphatic rings. The van der Waals surface area contributed by atoms with Crippen molar-refractivity contribution < 1.29 is 13.9 Å². The van der Waals surface area contributed by atoms with Crippen LogP contribution in [0.3, 0.4) is 0 Å². The Hall–Kier alpha value is -2.35. The van der Waals surface area contributed by atoms with Crippen molar-refractivity contribution in [2.45, 2.75) is 6.54 Å². The summed E-state index contributed by atoms with van der Waals surface area (Å²) in [7, 11) is 0. The Morgan fingerprint density at radius 2 is 1.82 bits per heavy atom. The lowest BCUT2D eigenvalue weighted by molar-refractivity contribution is 0.0313. The van der Waals surface area contributed by atoms with Gasteiger partial charge < -0.3 is 9.15 Å². The summed E-state index contributed by atoms with van der Waals surface area (Å²) in [5.74, 6) is 7.62. The molecule has 1 aromatic heterocycles. The van der Waals surface area contributed by atoms with E-state index in [1.54, 1.807) is 12.1 Å². The van der Waals surface area contributed by atoms with Crippen molar-refractivity contribution in [2.24, 2.45) is 0 Å². The lowest BCUT2D eigenvalue weighted by atomic mass is 10.1. The SMILES string of the molecule is O=Cc1ccc(C#Cc2ccc(CN3CCOCC3)o2)cc1. The van der Waals surface area contributed by atoms with Crippen molar-refractivity contribution in [1.29, 1.82) is 0 Å². The molecular weight excluding hydrogens is 278 g/mol. The number of rotatable bonds is 3. The fourth-order valence-corrected chi connectivity index (χ4v) is 2.29. The summed E-state index contributed by atoms with van der Waals surface area (Å²) in [5.41, 5.74) is 1.51. The number of benzene rings is 1. The second-order valence-electron chi connectivity index (χ2n) is 5.14.